The van der Waals surface area contributed by atoms with Crippen molar-refractivity contribution < 1.29 is 13.5 Å². The van der Waals surface area contributed by atoms with Crippen LogP contribution >= 0.6 is 0 Å². The summed E-state index contributed by atoms with van der Waals surface area (Å²) in [6.07, 6.45) is 0.608. The average Bonchev–Trinajstić information content (AvgIpc) is 2.46. The van der Waals surface area contributed by atoms with Gasteiger partial charge in [0.15, 0.2) is 0 Å². The lowest BCUT2D eigenvalue weighted by molar-refractivity contribution is 0.403. The first-order chi connectivity index (χ1) is 9.63. The standard InChI is InChI=1S/C16H17F2NO/c1-20-16-7-6-14(18)9-15(16)12(10-19)8-11-2-4-13(17)5-3-11/h2-7,9,12H,8,10,19H2,1H3. The summed E-state index contributed by atoms with van der Waals surface area (Å²) >= 11 is 0. The molecule has 106 valence electrons. The van der Waals surface area contributed by atoms with E-state index in [1.807, 2.05) is 0 Å². The Hall–Kier alpha value is -1.94. The van der Waals surface area contributed by atoms with Crippen molar-refractivity contribution in [1.82, 2.24) is 0 Å². The third-order valence-electron chi connectivity index (χ3n) is 3.31. The fourth-order valence-electron chi connectivity index (χ4n) is 2.25. The quantitative estimate of drug-likeness (QED) is 0.910. The van der Waals surface area contributed by atoms with Gasteiger partial charge in [0.05, 0.1) is 7.11 Å². The molecule has 2 nitrogen and oxygen atoms in total. The highest BCUT2D eigenvalue weighted by molar-refractivity contribution is 5.38. The molecule has 2 aromatic rings. The molecule has 4 heteroatoms. The highest BCUT2D eigenvalue weighted by Gasteiger charge is 2.16. The molecule has 2 aromatic carbocycles. The molecular weight excluding hydrogens is 260 g/mol. The lowest BCUT2D eigenvalue weighted by atomic mass is 9.91. The lowest BCUT2D eigenvalue weighted by Crippen LogP contribution is -2.16. The van der Waals surface area contributed by atoms with Gasteiger partial charge in [0.1, 0.15) is 17.4 Å². The molecule has 0 fully saturated rings. The molecule has 0 radical (unpaired) electrons. The van der Waals surface area contributed by atoms with Crippen molar-refractivity contribution in [2.75, 3.05) is 13.7 Å². The van der Waals surface area contributed by atoms with Gasteiger partial charge in [0, 0.05) is 11.5 Å². The van der Waals surface area contributed by atoms with Crippen LogP contribution in [0.3, 0.4) is 0 Å². The van der Waals surface area contributed by atoms with Gasteiger partial charge in [-0.05, 0) is 48.9 Å². The Labute approximate surface area is 117 Å². The molecule has 0 aliphatic heterocycles. The van der Waals surface area contributed by atoms with E-state index in [1.165, 1.54) is 24.3 Å². The van der Waals surface area contributed by atoms with Crippen LogP contribution in [0.15, 0.2) is 42.5 Å². The summed E-state index contributed by atoms with van der Waals surface area (Å²) in [6.45, 7) is 0.358. The maximum absolute atomic E-state index is 13.4. The van der Waals surface area contributed by atoms with Gasteiger partial charge in [-0.15, -0.1) is 0 Å². The Morgan fingerprint density at radius 2 is 1.70 bits per heavy atom. The van der Waals surface area contributed by atoms with E-state index in [0.717, 1.165) is 11.1 Å². The number of hydrogen-bond donors (Lipinski definition) is 1. The molecule has 0 aliphatic carbocycles. The second kappa shape index (κ2) is 6.48. The molecule has 20 heavy (non-hydrogen) atoms. The van der Waals surface area contributed by atoms with Crippen LogP contribution in [0, 0.1) is 11.6 Å². The largest absolute Gasteiger partial charge is 0.496 e. The normalized spacial score (nSPS) is 12.2. The maximum atomic E-state index is 13.4. The van der Waals surface area contributed by atoms with E-state index >= 15 is 0 Å². The van der Waals surface area contributed by atoms with Gasteiger partial charge in [0.25, 0.3) is 0 Å². The zero-order valence-electron chi connectivity index (χ0n) is 11.3. The minimum Gasteiger partial charge on any atom is -0.496 e. The van der Waals surface area contributed by atoms with Crippen molar-refractivity contribution in [2.45, 2.75) is 12.3 Å². The molecule has 0 bridgehead atoms. The Kier molecular flexibility index (Phi) is 4.69. The van der Waals surface area contributed by atoms with E-state index in [2.05, 4.69) is 0 Å². The first-order valence-corrected chi connectivity index (χ1v) is 6.42. The lowest BCUT2D eigenvalue weighted by Gasteiger charge is -2.18. The number of ether oxygens (including phenoxy) is 1. The van der Waals surface area contributed by atoms with E-state index < -0.39 is 0 Å². The van der Waals surface area contributed by atoms with Crippen molar-refractivity contribution in [1.29, 1.82) is 0 Å². The molecule has 0 aliphatic rings. The van der Waals surface area contributed by atoms with Crippen molar-refractivity contribution in [3.8, 4) is 5.75 Å². The third-order valence-corrected chi connectivity index (χ3v) is 3.31. The van der Waals surface area contributed by atoms with Crippen molar-refractivity contribution in [2.24, 2.45) is 5.73 Å². The van der Waals surface area contributed by atoms with Crippen LogP contribution in [0.25, 0.3) is 0 Å². The van der Waals surface area contributed by atoms with Gasteiger partial charge < -0.3 is 10.5 Å². The van der Waals surface area contributed by atoms with Crippen LogP contribution in [0.4, 0.5) is 8.78 Å². The topological polar surface area (TPSA) is 35.2 Å². The highest BCUT2D eigenvalue weighted by Crippen LogP contribution is 2.29. The van der Waals surface area contributed by atoms with Crippen LogP contribution in [0.1, 0.15) is 17.0 Å². The minimum absolute atomic E-state index is 0.0777. The SMILES string of the molecule is COc1ccc(F)cc1C(CN)Cc1ccc(F)cc1. The van der Waals surface area contributed by atoms with Gasteiger partial charge in [-0.25, -0.2) is 8.78 Å². The van der Waals surface area contributed by atoms with Gasteiger partial charge in [0.2, 0.25) is 0 Å². The van der Waals surface area contributed by atoms with E-state index in [-0.39, 0.29) is 17.6 Å². The molecule has 2 N–H and O–H groups in total. The number of benzene rings is 2. The van der Waals surface area contributed by atoms with E-state index in [1.54, 1.807) is 25.3 Å². The molecule has 0 heterocycles. The summed E-state index contributed by atoms with van der Waals surface area (Å²) in [5.74, 6) is -0.0604. The van der Waals surface area contributed by atoms with Gasteiger partial charge in [-0.3, -0.25) is 0 Å². The van der Waals surface area contributed by atoms with Crippen LogP contribution in [0.2, 0.25) is 0 Å². The predicted molar refractivity (Wildman–Crippen MR) is 74.9 cm³/mol. The molecule has 1 unspecified atom stereocenters. The first kappa shape index (κ1) is 14.5. The van der Waals surface area contributed by atoms with E-state index in [9.17, 15) is 8.78 Å². The van der Waals surface area contributed by atoms with Crippen LogP contribution < -0.4 is 10.5 Å². The average molecular weight is 277 g/mol. The zero-order chi connectivity index (χ0) is 14.5. The van der Waals surface area contributed by atoms with Crippen LogP contribution in [-0.2, 0) is 6.42 Å². The minimum atomic E-state index is -0.321. The molecule has 0 amide bonds. The Balaban J connectivity index is 2.28. The summed E-state index contributed by atoms with van der Waals surface area (Å²) in [6, 6.07) is 10.6. The predicted octanol–water partition coefficient (Wildman–Crippen LogP) is 3.26. The van der Waals surface area contributed by atoms with Crippen molar-refractivity contribution in [3.05, 3.63) is 65.2 Å². The van der Waals surface area contributed by atoms with Crippen molar-refractivity contribution in [3.63, 3.8) is 0 Å². The molecule has 1 atom stereocenters. The molecule has 0 spiro atoms. The smallest absolute Gasteiger partial charge is 0.123 e. The number of nitrogens with two attached hydrogens (primary N) is 1. The van der Waals surface area contributed by atoms with E-state index in [0.29, 0.717) is 18.7 Å². The summed E-state index contributed by atoms with van der Waals surface area (Å²) < 4.78 is 31.6. The molecular formula is C16H17F2NO. The molecule has 0 saturated heterocycles. The number of halogens is 2. The van der Waals surface area contributed by atoms with Gasteiger partial charge in [-0.1, -0.05) is 12.1 Å². The highest BCUT2D eigenvalue weighted by atomic mass is 19.1. The number of methoxy groups -OCH3 is 1. The second-order valence-corrected chi connectivity index (χ2v) is 4.65. The maximum Gasteiger partial charge on any atom is 0.123 e. The summed E-state index contributed by atoms with van der Waals surface area (Å²) in [5.41, 5.74) is 7.49. The van der Waals surface area contributed by atoms with Gasteiger partial charge in [-0.2, -0.15) is 0 Å². The monoisotopic (exact) mass is 277 g/mol. The second-order valence-electron chi connectivity index (χ2n) is 4.65. The Bertz CT molecular complexity index is 569. The summed E-state index contributed by atoms with van der Waals surface area (Å²) in [7, 11) is 1.54. The van der Waals surface area contributed by atoms with Crippen LogP contribution in [0.5, 0.6) is 5.75 Å². The third kappa shape index (κ3) is 3.33. The molecule has 2 rings (SSSR count). The van der Waals surface area contributed by atoms with Crippen LogP contribution in [-0.4, -0.2) is 13.7 Å². The van der Waals surface area contributed by atoms with E-state index in [4.69, 9.17) is 10.5 Å². The zero-order valence-corrected chi connectivity index (χ0v) is 11.3. The summed E-state index contributed by atoms with van der Waals surface area (Å²) in [5, 5.41) is 0. The van der Waals surface area contributed by atoms with Gasteiger partial charge >= 0.3 is 0 Å². The molecule has 0 saturated carbocycles. The molecule has 0 aromatic heterocycles. The Morgan fingerprint density at radius 1 is 1.05 bits per heavy atom. The first-order valence-electron chi connectivity index (χ1n) is 6.42. The Morgan fingerprint density at radius 3 is 2.30 bits per heavy atom. The summed E-state index contributed by atoms with van der Waals surface area (Å²) in [4.78, 5) is 0. The number of rotatable bonds is 5. The number of hydrogen-bond acceptors (Lipinski definition) is 2. The fourth-order valence-corrected chi connectivity index (χ4v) is 2.25. The fraction of sp³-hybridized carbons (Fsp3) is 0.250. The van der Waals surface area contributed by atoms with Crippen molar-refractivity contribution >= 4 is 0 Å².